The molecule has 6 nitrogen and oxygen atoms in total. The molecule has 0 amide bonds. The van der Waals surface area contributed by atoms with Gasteiger partial charge in [0.2, 0.25) is 0 Å². The number of ketones is 1. The zero-order valence-electron chi connectivity index (χ0n) is 12.9. The number of phenols is 2. The summed E-state index contributed by atoms with van der Waals surface area (Å²) in [6.07, 6.45) is 1.60. The normalized spacial score (nSPS) is 10.7. The molecule has 0 aliphatic carbocycles. The van der Waals surface area contributed by atoms with E-state index in [1.807, 2.05) is 35.8 Å². The summed E-state index contributed by atoms with van der Waals surface area (Å²) in [7, 11) is 0. The number of benzene rings is 2. The van der Waals surface area contributed by atoms with Crippen molar-refractivity contribution in [2.45, 2.75) is 12.1 Å². The van der Waals surface area contributed by atoms with Crippen LogP contribution in [0.5, 0.6) is 11.5 Å². The van der Waals surface area contributed by atoms with Gasteiger partial charge in [-0.1, -0.05) is 30.0 Å². The highest BCUT2D eigenvalue weighted by atomic mass is 32.2. The molecule has 122 valence electrons. The van der Waals surface area contributed by atoms with Crippen LogP contribution in [0.3, 0.4) is 0 Å². The van der Waals surface area contributed by atoms with E-state index in [-0.39, 0.29) is 28.6 Å². The van der Waals surface area contributed by atoms with Crippen molar-refractivity contribution in [2.24, 2.45) is 0 Å². The molecule has 0 unspecified atom stereocenters. The molecule has 24 heavy (non-hydrogen) atoms. The third kappa shape index (κ3) is 3.26. The van der Waals surface area contributed by atoms with Crippen LogP contribution in [0, 0.1) is 6.92 Å². The van der Waals surface area contributed by atoms with E-state index in [4.69, 9.17) is 0 Å². The van der Waals surface area contributed by atoms with Gasteiger partial charge in [0.1, 0.15) is 17.8 Å². The van der Waals surface area contributed by atoms with Gasteiger partial charge in [-0.15, -0.1) is 10.2 Å². The van der Waals surface area contributed by atoms with E-state index < -0.39 is 0 Å². The Morgan fingerprint density at radius 3 is 2.75 bits per heavy atom. The van der Waals surface area contributed by atoms with Gasteiger partial charge in [-0.05, 0) is 30.7 Å². The van der Waals surface area contributed by atoms with Gasteiger partial charge < -0.3 is 10.2 Å². The number of aromatic nitrogens is 3. The number of nitrogens with zero attached hydrogens (tertiary/aromatic N) is 3. The molecule has 0 atom stereocenters. The Hall–Kier alpha value is -2.80. The van der Waals surface area contributed by atoms with Crippen LogP contribution in [0.25, 0.3) is 5.69 Å². The zero-order chi connectivity index (χ0) is 17.1. The molecule has 0 fully saturated rings. The minimum Gasteiger partial charge on any atom is -0.508 e. The fourth-order valence-corrected chi connectivity index (χ4v) is 3.09. The maximum absolute atomic E-state index is 12.3. The molecular weight excluding hydrogens is 326 g/mol. The number of thioether (sulfide) groups is 1. The lowest BCUT2D eigenvalue weighted by atomic mass is 10.1. The lowest BCUT2D eigenvalue weighted by Gasteiger charge is -2.09. The van der Waals surface area contributed by atoms with Crippen molar-refractivity contribution in [1.29, 1.82) is 0 Å². The first-order valence-corrected chi connectivity index (χ1v) is 8.19. The summed E-state index contributed by atoms with van der Waals surface area (Å²) in [6, 6.07) is 11.7. The van der Waals surface area contributed by atoms with Gasteiger partial charge >= 0.3 is 0 Å². The molecule has 2 N–H and O–H groups in total. The number of hydrogen-bond acceptors (Lipinski definition) is 6. The van der Waals surface area contributed by atoms with Gasteiger partial charge in [0.05, 0.1) is 17.0 Å². The Balaban J connectivity index is 1.78. The van der Waals surface area contributed by atoms with Gasteiger partial charge in [-0.2, -0.15) is 0 Å². The van der Waals surface area contributed by atoms with Crippen LogP contribution in [0.2, 0.25) is 0 Å². The van der Waals surface area contributed by atoms with Crippen LogP contribution in [-0.4, -0.2) is 36.5 Å². The molecule has 3 rings (SSSR count). The summed E-state index contributed by atoms with van der Waals surface area (Å²) >= 11 is 1.24. The fourth-order valence-electron chi connectivity index (χ4n) is 2.29. The van der Waals surface area contributed by atoms with Crippen molar-refractivity contribution in [3.8, 4) is 17.2 Å². The number of para-hydroxylation sites is 1. The van der Waals surface area contributed by atoms with E-state index in [1.54, 1.807) is 6.33 Å². The van der Waals surface area contributed by atoms with E-state index in [0.717, 1.165) is 17.3 Å². The maximum Gasteiger partial charge on any atom is 0.196 e. The van der Waals surface area contributed by atoms with Crippen molar-refractivity contribution < 1.29 is 15.0 Å². The quantitative estimate of drug-likeness (QED) is 0.548. The van der Waals surface area contributed by atoms with E-state index in [9.17, 15) is 15.0 Å². The lowest BCUT2D eigenvalue weighted by Crippen LogP contribution is -2.05. The molecule has 3 aromatic rings. The Morgan fingerprint density at radius 1 is 1.21 bits per heavy atom. The van der Waals surface area contributed by atoms with Gasteiger partial charge in [-0.25, -0.2) is 0 Å². The summed E-state index contributed by atoms with van der Waals surface area (Å²) in [5.74, 6) is -0.475. The first-order chi connectivity index (χ1) is 11.6. The number of Topliss-reactive ketones (excluding diaryl/α,β-unsaturated/α-hetero) is 1. The number of phenolic OH excluding ortho intramolecular Hbond substituents is 2. The Morgan fingerprint density at radius 2 is 2.00 bits per heavy atom. The summed E-state index contributed by atoms with van der Waals surface area (Å²) in [5, 5.41) is 27.6. The third-order valence-electron chi connectivity index (χ3n) is 3.51. The number of rotatable bonds is 5. The molecule has 0 bridgehead atoms. The largest absolute Gasteiger partial charge is 0.508 e. The number of carbonyl (C=O) groups excluding carboxylic acids is 1. The summed E-state index contributed by atoms with van der Waals surface area (Å²) in [6.45, 7) is 1.99. The van der Waals surface area contributed by atoms with E-state index >= 15 is 0 Å². The van der Waals surface area contributed by atoms with Crippen LogP contribution in [0.1, 0.15) is 15.9 Å². The number of hydrogen-bond donors (Lipinski definition) is 2. The predicted molar refractivity (Wildman–Crippen MR) is 90.9 cm³/mol. The summed E-state index contributed by atoms with van der Waals surface area (Å²) in [4.78, 5) is 12.3. The molecule has 0 aliphatic rings. The molecule has 0 saturated heterocycles. The van der Waals surface area contributed by atoms with E-state index in [2.05, 4.69) is 10.2 Å². The number of carbonyl (C=O) groups is 1. The minimum atomic E-state index is -0.253. The highest BCUT2D eigenvalue weighted by molar-refractivity contribution is 7.99. The summed E-state index contributed by atoms with van der Waals surface area (Å²) in [5.41, 5.74) is 2.19. The van der Waals surface area contributed by atoms with E-state index in [1.165, 1.54) is 23.9 Å². The molecule has 7 heteroatoms. The summed E-state index contributed by atoms with van der Waals surface area (Å²) < 4.78 is 1.82. The van der Waals surface area contributed by atoms with Gasteiger partial charge in [0, 0.05) is 6.07 Å². The Bertz CT molecular complexity index is 892. The van der Waals surface area contributed by atoms with Gasteiger partial charge in [0.15, 0.2) is 10.9 Å². The molecule has 0 aliphatic heterocycles. The van der Waals surface area contributed by atoms with Crippen molar-refractivity contribution in [3.05, 3.63) is 59.9 Å². The second-order valence-corrected chi connectivity index (χ2v) is 6.13. The molecular formula is C17H15N3O3S. The molecule has 1 heterocycles. The first-order valence-electron chi connectivity index (χ1n) is 7.20. The second kappa shape index (κ2) is 6.76. The first kappa shape index (κ1) is 16.1. The average Bonchev–Trinajstić information content (AvgIpc) is 3.01. The lowest BCUT2D eigenvalue weighted by molar-refractivity contribution is 0.102. The van der Waals surface area contributed by atoms with E-state index in [0.29, 0.717) is 5.16 Å². The predicted octanol–water partition coefficient (Wildman–Crippen LogP) is 2.96. The van der Waals surface area contributed by atoms with Crippen LogP contribution < -0.4 is 0 Å². The molecule has 0 spiro atoms. The van der Waals surface area contributed by atoms with Crippen LogP contribution in [0.15, 0.2) is 53.9 Å². The van der Waals surface area contributed by atoms with Gasteiger partial charge in [-0.3, -0.25) is 9.36 Å². The third-order valence-corrected chi connectivity index (χ3v) is 4.45. The molecule has 0 radical (unpaired) electrons. The van der Waals surface area contributed by atoms with Crippen molar-refractivity contribution >= 4 is 17.5 Å². The van der Waals surface area contributed by atoms with Gasteiger partial charge in [0.25, 0.3) is 0 Å². The monoisotopic (exact) mass is 341 g/mol. The number of aromatic hydroxyl groups is 2. The topological polar surface area (TPSA) is 88.2 Å². The van der Waals surface area contributed by atoms with Crippen molar-refractivity contribution in [1.82, 2.24) is 14.8 Å². The SMILES string of the molecule is Cc1ccccc1-n1cnnc1SCC(=O)c1ccc(O)cc1O. The smallest absolute Gasteiger partial charge is 0.196 e. The minimum absolute atomic E-state index is 0.0870. The van der Waals surface area contributed by atoms with Crippen molar-refractivity contribution in [2.75, 3.05) is 5.75 Å². The number of aryl methyl sites for hydroxylation is 1. The van der Waals surface area contributed by atoms with Crippen molar-refractivity contribution in [3.63, 3.8) is 0 Å². The van der Waals surface area contributed by atoms with Crippen LogP contribution in [-0.2, 0) is 0 Å². The standard InChI is InChI=1S/C17H15N3O3S/c1-11-4-2-3-5-14(11)20-10-18-19-17(20)24-9-16(23)13-7-6-12(21)8-15(13)22/h2-8,10,21-22H,9H2,1H3. The molecule has 2 aromatic carbocycles. The zero-order valence-corrected chi connectivity index (χ0v) is 13.7. The van der Waals surface area contributed by atoms with Crippen LogP contribution >= 0.6 is 11.8 Å². The highest BCUT2D eigenvalue weighted by Crippen LogP contribution is 2.26. The van der Waals surface area contributed by atoms with Crippen LogP contribution in [0.4, 0.5) is 0 Å². The second-order valence-electron chi connectivity index (χ2n) is 5.18. The molecule has 0 saturated carbocycles. The molecule has 1 aromatic heterocycles. The maximum atomic E-state index is 12.3. The Labute approximate surface area is 142 Å². The Kier molecular flexibility index (Phi) is 4.52. The highest BCUT2D eigenvalue weighted by Gasteiger charge is 2.15. The fraction of sp³-hybridized carbons (Fsp3) is 0.118. The average molecular weight is 341 g/mol.